The van der Waals surface area contributed by atoms with E-state index in [9.17, 15) is 22.8 Å². The van der Waals surface area contributed by atoms with Crippen LogP contribution in [0, 0.1) is 18.3 Å². The summed E-state index contributed by atoms with van der Waals surface area (Å²) in [5, 5.41) is 0. The molecule has 0 N–H and O–H groups in total. The van der Waals surface area contributed by atoms with E-state index in [1.807, 2.05) is 19.1 Å². The van der Waals surface area contributed by atoms with Crippen molar-refractivity contribution < 1.29 is 22.8 Å². The largest absolute Gasteiger partial charge is 0.406 e. The maximum Gasteiger partial charge on any atom is 0.406 e. The molecular weight excluding hydrogens is 333 g/mol. The average Bonchev–Trinajstić information content (AvgIpc) is 2.94. The lowest BCUT2D eigenvalue weighted by Crippen LogP contribution is -2.43. The first-order chi connectivity index (χ1) is 11.7. The van der Waals surface area contributed by atoms with Crippen molar-refractivity contribution in [2.45, 2.75) is 25.9 Å². The molecule has 1 atom stereocenters. The Morgan fingerprint density at radius 2 is 2.00 bits per heavy atom. The van der Waals surface area contributed by atoms with Gasteiger partial charge in [0.15, 0.2) is 0 Å². The lowest BCUT2D eigenvalue weighted by Gasteiger charge is -2.24. The normalized spacial score (nSPS) is 17.5. The van der Waals surface area contributed by atoms with Crippen LogP contribution in [0.15, 0.2) is 24.3 Å². The Bertz CT molecular complexity index is 677. The van der Waals surface area contributed by atoms with Crippen LogP contribution in [0.3, 0.4) is 0 Å². The summed E-state index contributed by atoms with van der Waals surface area (Å²) in [6.07, 6.45) is 1.27. The maximum atomic E-state index is 12.6. The second kappa shape index (κ2) is 7.60. The van der Waals surface area contributed by atoms with Crippen molar-refractivity contribution in [3.05, 3.63) is 29.8 Å². The number of carbonyl (C=O) groups excluding carboxylic acids is 2. The third kappa shape index (κ3) is 4.75. The van der Waals surface area contributed by atoms with E-state index in [0.29, 0.717) is 10.6 Å². The summed E-state index contributed by atoms with van der Waals surface area (Å²) in [7, 11) is 0. The number of amides is 2. The number of hydrogen-bond acceptors (Lipinski definition) is 2. The van der Waals surface area contributed by atoms with E-state index in [0.717, 1.165) is 12.0 Å². The van der Waals surface area contributed by atoms with Crippen molar-refractivity contribution in [3.63, 3.8) is 0 Å². The van der Waals surface area contributed by atoms with Crippen LogP contribution >= 0.6 is 0 Å². The van der Waals surface area contributed by atoms with E-state index in [-0.39, 0.29) is 18.9 Å². The molecule has 1 aromatic carbocycles. The molecule has 0 saturated carbocycles. The van der Waals surface area contributed by atoms with E-state index in [2.05, 4.69) is 5.92 Å². The van der Waals surface area contributed by atoms with Crippen LogP contribution in [0.5, 0.6) is 0 Å². The predicted molar refractivity (Wildman–Crippen MR) is 87.7 cm³/mol. The molecule has 1 saturated heterocycles. The molecule has 1 aliphatic rings. The highest BCUT2D eigenvalue weighted by atomic mass is 19.4. The zero-order chi connectivity index (χ0) is 18.6. The maximum absolute atomic E-state index is 12.6. The van der Waals surface area contributed by atoms with Crippen LogP contribution in [0.25, 0.3) is 0 Å². The van der Waals surface area contributed by atoms with Gasteiger partial charge in [0.2, 0.25) is 11.8 Å². The van der Waals surface area contributed by atoms with Gasteiger partial charge >= 0.3 is 6.18 Å². The monoisotopic (exact) mass is 352 g/mol. The number of halogens is 3. The minimum Gasteiger partial charge on any atom is -0.322 e. The second-order valence-electron chi connectivity index (χ2n) is 5.94. The molecule has 25 heavy (non-hydrogen) atoms. The topological polar surface area (TPSA) is 40.6 Å². The number of hydrogen-bond donors (Lipinski definition) is 0. The Kier molecular flexibility index (Phi) is 5.73. The van der Waals surface area contributed by atoms with Gasteiger partial charge in [-0.05, 0) is 24.1 Å². The van der Waals surface area contributed by atoms with Gasteiger partial charge in [-0.2, -0.15) is 13.2 Å². The minimum atomic E-state index is -4.54. The summed E-state index contributed by atoms with van der Waals surface area (Å²) in [6.45, 7) is 0.216. The summed E-state index contributed by atoms with van der Waals surface area (Å²) < 4.78 is 37.9. The van der Waals surface area contributed by atoms with Gasteiger partial charge in [0.05, 0.1) is 12.5 Å². The molecule has 134 valence electrons. The Balaban J connectivity index is 2.11. The fraction of sp³-hybridized carbons (Fsp3) is 0.444. The summed E-state index contributed by atoms with van der Waals surface area (Å²) in [4.78, 5) is 26.6. The van der Waals surface area contributed by atoms with Crippen molar-refractivity contribution in [3.8, 4) is 12.3 Å². The molecule has 1 aliphatic heterocycles. The molecule has 1 heterocycles. The molecule has 1 aromatic rings. The van der Waals surface area contributed by atoms with Crippen molar-refractivity contribution in [1.29, 1.82) is 0 Å². The van der Waals surface area contributed by atoms with Crippen LogP contribution in [-0.4, -0.2) is 42.5 Å². The van der Waals surface area contributed by atoms with Crippen LogP contribution in [0.4, 0.5) is 18.9 Å². The SMILES string of the molecule is C#CCN(CC(F)(F)F)C(=O)[C@@H]1CC(=O)N(c2ccc(CC)cc2)C1. The quantitative estimate of drug-likeness (QED) is 0.765. The molecule has 0 aliphatic carbocycles. The molecule has 0 aromatic heterocycles. The van der Waals surface area contributed by atoms with E-state index in [1.54, 1.807) is 12.1 Å². The molecule has 2 amide bonds. The number of carbonyl (C=O) groups is 2. The zero-order valence-corrected chi connectivity index (χ0v) is 13.8. The van der Waals surface area contributed by atoms with Crippen LogP contribution in [0.1, 0.15) is 18.9 Å². The molecule has 0 radical (unpaired) electrons. The molecule has 0 spiro atoms. The first-order valence-corrected chi connectivity index (χ1v) is 7.93. The molecule has 7 heteroatoms. The zero-order valence-electron chi connectivity index (χ0n) is 13.8. The molecule has 4 nitrogen and oxygen atoms in total. The molecule has 1 fully saturated rings. The third-order valence-electron chi connectivity index (χ3n) is 4.09. The Hall–Kier alpha value is -2.49. The van der Waals surface area contributed by atoms with Gasteiger partial charge in [0, 0.05) is 18.7 Å². The van der Waals surface area contributed by atoms with Crippen molar-refractivity contribution >= 4 is 17.5 Å². The van der Waals surface area contributed by atoms with Crippen molar-refractivity contribution in [1.82, 2.24) is 4.90 Å². The number of alkyl halides is 3. The van der Waals surface area contributed by atoms with Gasteiger partial charge in [-0.1, -0.05) is 25.0 Å². The summed E-state index contributed by atoms with van der Waals surface area (Å²) in [5.74, 6) is 0.221. The second-order valence-corrected chi connectivity index (χ2v) is 5.94. The number of anilines is 1. The van der Waals surface area contributed by atoms with Gasteiger partial charge < -0.3 is 9.80 Å². The number of benzene rings is 1. The van der Waals surface area contributed by atoms with Gasteiger partial charge in [-0.3, -0.25) is 9.59 Å². The van der Waals surface area contributed by atoms with Crippen molar-refractivity contribution in [2.75, 3.05) is 24.5 Å². The van der Waals surface area contributed by atoms with Crippen LogP contribution in [-0.2, 0) is 16.0 Å². The Morgan fingerprint density at radius 3 is 2.52 bits per heavy atom. The van der Waals surface area contributed by atoms with Gasteiger partial charge in [0.25, 0.3) is 0 Å². The smallest absolute Gasteiger partial charge is 0.322 e. The summed E-state index contributed by atoms with van der Waals surface area (Å²) in [6, 6.07) is 7.31. The number of nitrogens with zero attached hydrogens (tertiary/aromatic N) is 2. The van der Waals surface area contributed by atoms with Gasteiger partial charge in [-0.25, -0.2) is 0 Å². The average molecular weight is 352 g/mol. The Morgan fingerprint density at radius 1 is 1.36 bits per heavy atom. The molecular formula is C18H19F3N2O2. The van der Waals surface area contributed by atoms with Crippen LogP contribution in [0.2, 0.25) is 0 Å². The molecule has 2 rings (SSSR count). The summed E-state index contributed by atoms with van der Waals surface area (Å²) in [5.41, 5.74) is 1.74. The Labute approximate surface area is 144 Å². The predicted octanol–water partition coefficient (Wildman–Crippen LogP) is 2.63. The third-order valence-corrected chi connectivity index (χ3v) is 4.09. The summed E-state index contributed by atoms with van der Waals surface area (Å²) >= 11 is 0. The first kappa shape index (κ1) is 18.8. The lowest BCUT2D eigenvalue weighted by atomic mass is 10.1. The molecule has 0 bridgehead atoms. The fourth-order valence-corrected chi connectivity index (χ4v) is 2.83. The highest BCUT2D eigenvalue weighted by Crippen LogP contribution is 2.27. The van der Waals surface area contributed by atoms with Crippen molar-refractivity contribution in [2.24, 2.45) is 5.92 Å². The number of rotatable bonds is 5. The standard InChI is InChI=1S/C18H19F3N2O2/c1-3-9-22(12-18(19,20)21)17(25)14-10-16(24)23(11-14)15-7-5-13(4-2)6-8-15/h1,5-8,14H,4,9-12H2,2H3/t14-/m1/s1. The number of terminal acetylenes is 1. The lowest BCUT2D eigenvalue weighted by molar-refractivity contribution is -0.162. The highest BCUT2D eigenvalue weighted by Gasteiger charge is 2.40. The van der Waals surface area contributed by atoms with Crippen LogP contribution < -0.4 is 4.90 Å². The van der Waals surface area contributed by atoms with E-state index in [4.69, 9.17) is 6.42 Å². The van der Waals surface area contributed by atoms with E-state index >= 15 is 0 Å². The number of aryl methyl sites for hydroxylation is 1. The minimum absolute atomic E-state index is 0.0576. The fourth-order valence-electron chi connectivity index (χ4n) is 2.83. The van der Waals surface area contributed by atoms with Gasteiger partial charge in [-0.15, -0.1) is 6.42 Å². The van der Waals surface area contributed by atoms with E-state index < -0.39 is 31.1 Å². The molecule has 0 unspecified atom stereocenters. The van der Waals surface area contributed by atoms with Gasteiger partial charge in [0.1, 0.15) is 6.54 Å². The van der Waals surface area contributed by atoms with E-state index in [1.165, 1.54) is 4.90 Å². The first-order valence-electron chi connectivity index (χ1n) is 7.93. The highest BCUT2D eigenvalue weighted by molar-refractivity contribution is 6.00.